The van der Waals surface area contributed by atoms with Crippen molar-refractivity contribution in [2.75, 3.05) is 37.7 Å². The van der Waals surface area contributed by atoms with Crippen molar-refractivity contribution in [1.82, 2.24) is 15.6 Å². The molecule has 0 spiro atoms. The molecule has 0 unspecified atom stereocenters. The van der Waals surface area contributed by atoms with Crippen LogP contribution in [-0.2, 0) is 13.0 Å². The third-order valence-electron chi connectivity index (χ3n) is 5.24. The highest BCUT2D eigenvalue weighted by molar-refractivity contribution is 7.11. The molecule has 1 saturated heterocycles. The fourth-order valence-electron chi connectivity index (χ4n) is 3.50. The Hall–Kier alpha value is -2.12. The SMILES string of the molecule is CCNC(=NCc1ccc(N2CCC(CO)CC2)cc1)NCCc1ncc(C)s1. The predicted octanol–water partition coefficient (Wildman–Crippen LogP) is 2.96. The summed E-state index contributed by atoms with van der Waals surface area (Å²) in [5.41, 5.74) is 2.46. The second-order valence-corrected chi connectivity index (χ2v) is 8.84. The summed E-state index contributed by atoms with van der Waals surface area (Å²) in [4.78, 5) is 12.8. The molecule has 0 amide bonds. The second kappa shape index (κ2) is 11.2. The van der Waals surface area contributed by atoms with Crippen molar-refractivity contribution in [2.24, 2.45) is 10.9 Å². The van der Waals surface area contributed by atoms with Crippen LogP contribution in [-0.4, -0.2) is 48.8 Å². The summed E-state index contributed by atoms with van der Waals surface area (Å²) in [5, 5.41) is 17.2. The first-order valence-corrected chi connectivity index (χ1v) is 11.4. The number of aliphatic imine (C=N–C) groups is 1. The molecule has 2 heterocycles. The molecule has 3 N–H and O–H groups in total. The third kappa shape index (κ3) is 6.72. The van der Waals surface area contributed by atoms with Crippen LogP contribution in [0.3, 0.4) is 0 Å². The standard InChI is InChI=1S/C22H33N5OS/c1-3-23-22(24-11-8-21-25-14-17(2)29-21)26-15-18-4-6-20(7-5-18)27-12-9-19(16-28)10-13-27/h4-7,14,19,28H,3,8-13,15-16H2,1-2H3,(H2,23,24,26). The van der Waals surface area contributed by atoms with E-state index >= 15 is 0 Å². The molecule has 6 nitrogen and oxygen atoms in total. The fraction of sp³-hybridized carbons (Fsp3) is 0.545. The van der Waals surface area contributed by atoms with Crippen LogP contribution in [0.4, 0.5) is 5.69 Å². The van der Waals surface area contributed by atoms with Crippen molar-refractivity contribution < 1.29 is 5.11 Å². The Balaban J connectivity index is 1.49. The minimum Gasteiger partial charge on any atom is -0.396 e. The van der Waals surface area contributed by atoms with E-state index in [1.165, 1.54) is 16.1 Å². The number of anilines is 1. The Kier molecular flexibility index (Phi) is 8.31. The van der Waals surface area contributed by atoms with Crippen LogP contribution in [0.1, 0.15) is 35.2 Å². The van der Waals surface area contributed by atoms with Crippen LogP contribution < -0.4 is 15.5 Å². The average molecular weight is 416 g/mol. The van der Waals surface area contributed by atoms with Gasteiger partial charge in [0.05, 0.1) is 11.6 Å². The molecule has 29 heavy (non-hydrogen) atoms. The summed E-state index contributed by atoms with van der Waals surface area (Å²) < 4.78 is 0. The summed E-state index contributed by atoms with van der Waals surface area (Å²) in [5.74, 6) is 1.31. The van der Waals surface area contributed by atoms with Crippen molar-refractivity contribution >= 4 is 23.0 Å². The van der Waals surface area contributed by atoms with Gasteiger partial charge in [0.2, 0.25) is 0 Å². The molecule has 1 aromatic carbocycles. The van der Waals surface area contributed by atoms with Gasteiger partial charge in [0.25, 0.3) is 0 Å². The first-order chi connectivity index (χ1) is 14.2. The Labute approximate surface area is 178 Å². The average Bonchev–Trinajstić information content (AvgIpc) is 3.17. The molecule has 2 aromatic rings. The number of nitrogens with one attached hydrogen (secondary N) is 2. The van der Waals surface area contributed by atoms with Crippen LogP contribution in [0.5, 0.6) is 0 Å². The van der Waals surface area contributed by atoms with Crippen LogP contribution in [0.2, 0.25) is 0 Å². The lowest BCUT2D eigenvalue weighted by molar-refractivity contribution is 0.203. The molecular formula is C22H33N5OS. The normalized spacial score (nSPS) is 15.6. The molecule has 1 aliphatic heterocycles. The first-order valence-electron chi connectivity index (χ1n) is 10.6. The van der Waals surface area contributed by atoms with Gasteiger partial charge in [-0.1, -0.05) is 12.1 Å². The van der Waals surface area contributed by atoms with E-state index in [9.17, 15) is 5.11 Å². The zero-order chi connectivity index (χ0) is 20.5. The van der Waals surface area contributed by atoms with Crippen molar-refractivity contribution in [3.63, 3.8) is 0 Å². The van der Waals surface area contributed by atoms with E-state index in [-0.39, 0.29) is 0 Å². The van der Waals surface area contributed by atoms with Crippen molar-refractivity contribution in [1.29, 1.82) is 0 Å². The molecule has 7 heteroatoms. The van der Waals surface area contributed by atoms with Gasteiger partial charge in [-0.2, -0.15) is 0 Å². The number of nitrogens with zero attached hydrogens (tertiary/aromatic N) is 3. The van der Waals surface area contributed by atoms with Gasteiger partial charge in [-0.15, -0.1) is 11.3 Å². The van der Waals surface area contributed by atoms with Gasteiger partial charge in [-0.3, -0.25) is 0 Å². The van der Waals surface area contributed by atoms with E-state index in [1.54, 1.807) is 11.3 Å². The van der Waals surface area contributed by atoms with Gasteiger partial charge in [0.1, 0.15) is 0 Å². The molecule has 1 fully saturated rings. The maximum atomic E-state index is 9.30. The number of aromatic nitrogens is 1. The number of rotatable bonds is 8. The second-order valence-electron chi connectivity index (χ2n) is 7.52. The van der Waals surface area contributed by atoms with E-state index in [0.29, 0.717) is 19.1 Å². The summed E-state index contributed by atoms with van der Waals surface area (Å²) in [6.07, 6.45) is 4.98. The minimum absolute atomic E-state index is 0.316. The van der Waals surface area contributed by atoms with Gasteiger partial charge < -0.3 is 20.6 Å². The lowest BCUT2D eigenvalue weighted by Gasteiger charge is -2.32. The number of hydrogen-bond donors (Lipinski definition) is 3. The van der Waals surface area contributed by atoms with Gasteiger partial charge in [0, 0.05) is 56.0 Å². The summed E-state index contributed by atoms with van der Waals surface area (Å²) in [6.45, 7) is 8.84. The maximum Gasteiger partial charge on any atom is 0.191 e. The smallest absolute Gasteiger partial charge is 0.191 e. The van der Waals surface area contributed by atoms with E-state index in [1.807, 2.05) is 6.20 Å². The van der Waals surface area contributed by atoms with Crippen LogP contribution >= 0.6 is 11.3 Å². The zero-order valence-corrected chi connectivity index (χ0v) is 18.3. The topological polar surface area (TPSA) is 72.8 Å². The van der Waals surface area contributed by atoms with Crippen LogP contribution in [0.25, 0.3) is 0 Å². The number of guanidine groups is 1. The van der Waals surface area contributed by atoms with Crippen molar-refractivity contribution in [3.8, 4) is 0 Å². The predicted molar refractivity (Wildman–Crippen MR) is 122 cm³/mol. The van der Waals surface area contributed by atoms with Gasteiger partial charge in [0.15, 0.2) is 5.96 Å². The summed E-state index contributed by atoms with van der Waals surface area (Å²) in [6, 6.07) is 8.71. The van der Waals surface area contributed by atoms with Gasteiger partial charge >= 0.3 is 0 Å². The highest BCUT2D eigenvalue weighted by atomic mass is 32.1. The minimum atomic E-state index is 0.316. The van der Waals surface area contributed by atoms with E-state index in [2.05, 4.69) is 58.6 Å². The molecule has 3 rings (SSSR count). The molecule has 0 bridgehead atoms. The number of thiazole rings is 1. The van der Waals surface area contributed by atoms with E-state index in [0.717, 1.165) is 56.4 Å². The van der Waals surface area contributed by atoms with Crippen molar-refractivity contribution in [2.45, 2.75) is 39.7 Å². The highest BCUT2D eigenvalue weighted by Gasteiger charge is 2.18. The summed E-state index contributed by atoms with van der Waals surface area (Å²) >= 11 is 1.75. The Bertz CT molecular complexity index is 766. The highest BCUT2D eigenvalue weighted by Crippen LogP contribution is 2.23. The van der Waals surface area contributed by atoms with Crippen LogP contribution in [0.15, 0.2) is 35.5 Å². The molecule has 0 atom stereocenters. The van der Waals surface area contributed by atoms with Crippen molar-refractivity contribution in [3.05, 3.63) is 45.9 Å². The van der Waals surface area contributed by atoms with Gasteiger partial charge in [-0.05, 0) is 50.3 Å². The molecule has 1 aliphatic rings. The van der Waals surface area contributed by atoms with E-state index in [4.69, 9.17) is 4.99 Å². The maximum absolute atomic E-state index is 9.30. The Morgan fingerprint density at radius 2 is 2.00 bits per heavy atom. The lowest BCUT2D eigenvalue weighted by atomic mass is 9.97. The number of benzene rings is 1. The van der Waals surface area contributed by atoms with E-state index < -0.39 is 0 Å². The number of piperidine rings is 1. The number of hydrogen-bond acceptors (Lipinski definition) is 5. The fourth-order valence-corrected chi connectivity index (χ4v) is 4.29. The third-order valence-corrected chi connectivity index (χ3v) is 6.21. The largest absolute Gasteiger partial charge is 0.396 e. The Morgan fingerprint density at radius 3 is 2.62 bits per heavy atom. The molecule has 0 aliphatic carbocycles. The van der Waals surface area contributed by atoms with Gasteiger partial charge in [-0.25, -0.2) is 9.98 Å². The van der Waals surface area contributed by atoms with Crippen LogP contribution in [0, 0.1) is 12.8 Å². The molecule has 1 aromatic heterocycles. The number of aliphatic hydroxyl groups excluding tert-OH is 1. The first kappa shape index (κ1) is 21.6. The summed E-state index contributed by atoms with van der Waals surface area (Å²) in [7, 11) is 0. The molecule has 0 radical (unpaired) electrons. The molecule has 0 saturated carbocycles. The molecular weight excluding hydrogens is 382 g/mol. The monoisotopic (exact) mass is 415 g/mol. The zero-order valence-electron chi connectivity index (χ0n) is 17.5. The number of aliphatic hydroxyl groups is 1. The Morgan fingerprint density at radius 1 is 1.24 bits per heavy atom. The quantitative estimate of drug-likeness (QED) is 0.457. The lowest BCUT2D eigenvalue weighted by Crippen LogP contribution is -2.38. The molecule has 158 valence electrons. The number of aryl methyl sites for hydroxylation is 1.